The van der Waals surface area contributed by atoms with Gasteiger partial charge in [-0.1, -0.05) is 128 Å². The lowest BCUT2D eigenvalue weighted by atomic mass is 10.0. The molecule has 0 atom stereocenters. The first-order valence-electron chi connectivity index (χ1n) is 14.9. The van der Waals surface area contributed by atoms with Gasteiger partial charge in [0.1, 0.15) is 0 Å². The van der Waals surface area contributed by atoms with Gasteiger partial charge in [-0.05, 0) is 82.7 Å². The zero-order valence-electron chi connectivity index (χ0n) is 24.4. The van der Waals surface area contributed by atoms with Gasteiger partial charge >= 0.3 is 0 Å². The van der Waals surface area contributed by atoms with Crippen molar-refractivity contribution in [3.8, 4) is 11.1 Å². The first kappa shape index (κ1) is 27.0. The van der Waals surface area contributed by atoms with Gasteiger partial charge in [0, 0.05) is 28.1 Å². The summed E-state index contributed by atoms with van der Waals surface area (Å²) in [4.78, 5) is 4.62. The van der Waals surface area contributed by atoms with E-state index in [2.05, 4.69) is 186 Å². The molecule has 210 valence electrons. The summed E-state index contributed by atoms with van der Waals surface area (Å²) in [5.74, 6) is 0. The van der Waals surface area contributed by atoms with Crippen LogP contribution in [0.1, 0.15) is 5.56 Å². The lowest BCUT2D eigenvalue weighted by Gasteiger charge is -2.27. The maximum Gasteiger partial charge on any atom is 0.0540 e. The quantitative estimate of drug-likeness (QED) is 0.181. The van der Waals surface area contributed by atoms with E-state index < -0.39 is 0 Å². The monoisotopic (exact) mass is 564 g/mol. The molecule has 2 heteroatoms. The Morgan fingerprint density at radius 1 is 0.364 bits per heavy atom. The van der Waals surface area contributed by atoms with E-state index >= 15 is 0 Å². The lowest BCUT2D eigenvalue weighted by molar-refractivity contribution is 1.28. The minimum Gasteiger partial charge on any atom is -0.310 e. The Hall–Kier alpha value is -5.86. The van der Waals surface area contributed by atoms with Crippen molar-refractivity contribution in [1.82, 2.24) is 0 Å². The summed E-state index contributed by atoms with van der Waals surface area (Å²) < 4.78 is 0. The number of fused-ring (bicyclic) bond motifs is 1. The molecule has 0 fully saturated rings. The molecule has 0 bridgehead atoms. The topological polar surface area (TPSA) is 6.48 Å². The molecule has 0 aliphatic carbocycles. The molecule has 0 saturated heterocycles. The Morgan fingerprint density at radius 3 is 1.39 bits per heavy atom. The Bertz CT molecular complexity index is 2010. The fraction of sp³-hybridized carbons (Fsp3) is 0. The van der Waals surface area contributed by atoms with Gasteiger partial charge in [0.15, 0.2) is 0 Å². The molecule has 7 aromatic carbocycles. The van der Waals surface area contributed by atoms with E-state index in [4.69, 9.17) is 0 Å². The Balaban J connectivity index is 1.24. The van der Waals surface area contributed by atoms with Crippen molar-refractivity contribution in [2.45, 2.75) is 0 Å². The second-order valence-electron chi connectivity index (χ2n) is 10.7. The lowest BCUT2D eigenvalue weighted by Crippen LogP contribution is -2.11. The normalized spacial score (nSPS) is 10.8. The zero-order chi connectivity index (χ0) is 29.7. The van der Waals surface area contributed by atoms with Crippen LogP contribution in [0.15, 0.2) is 183 Å². The van der Waals surface area contributed by atoms with Crippen LogP contribution in [-0.4, -0.2) is 0 Å². The minimum atomic E-state index is 1.09. The maximum absolute atomic E-state index is 4.06. The van der Waals surface area contributed by atoms with Gasteiger partial charge in [-0.2, -0.15) is 0 Å². The van der Waals surface area contributed by atoms with Crippen molar-refractivity contribution in [3.63, 3.8) is 0 Å². The Kier molecular flexibility index (Phi) is 7.47. The number of para-hydroxylation sites is 3. The first-order valence-corrected chi connectivity index (χ1v) is 14.9. The largest absolute Gasteiger partial charge is 0.310 e. The average molecular weight is 565 g/mol. The van der Waals surface area contributed by atoms with E-state index in [0.29, 0.717) is 0 Å². The van der Waals surface area contributed by atoms with Gasteiger partial charge in [0.2, 0.25) is 0 Å². The van der Waals surface area contributed by atoms with E-state index in [1.165, 1.54) is 21.9 Å². The first-order chi connectivity index (χ1) is 21.8. The molecule has 0 aliphatic heterocycles. The van der Waals surface area contributed by atoms with Gasteiger partial charge in [0.05, 0.1) is 11.4 Å². The number of nitrogens with zero attached hydrogens (tertiary/aromatic N) is 2. The van der Waals surface area contributed by atoms with Crippen LogP contribution in [0, 0.1) is 0 Å². The second kappa shape index (κ2) is 12.2. The van der Waals surface area contributed by atoms with E-state index in [0.717, 1.165) is 39.7 Å². The number of hydrogen-bond donors (Lipinski definition) is 0. The van der Waals surface area contributed by atoms with Crippen molar-refractivity contribution < 1.29 is 0 Å². The van der Waals surface area contributed by atoms with Crippen molar-refractivity contribution in [2.24, 2.45) is 0 Å². The van der Waals surface area contributed by atoms with Gasteiger partial charge in [0.25, 0.3) is 0 Å². The van der Waals surface area contributed by atoms with Crippen molar-refractivity contribution in [3.05, 3.63) is 188 Å². The standard InChI is InChI=1S/C42H32N2/c1-2-32-14-10-12-22-41(32)43(36-17-5-3-6-18-36)38-28-24-33(25-29-38)34-26-30-39(31-27-34)44(37-19-7-4-8-20-37)42-23-13-16-35-15-9-11-21-40(35)42/h2-31H,1H2. The number of benzene rings is 7. The summed E-state index contributed by atoms with van der Waals surface area (Å²) >= 11 is 0. The van der Waals surface area contributed by atoms with Crippen LogP contribution in [0.4, 0.5) is 34.1 Å². The number of hydrogen-bond acceptors (Lipinski definition) is 2. The molecule has 7 aromatic rings. The molecule has 0 aromatic heterocycles. The molecule has 0 saturated carbocycles. The number of rotatable bonds is 8. The Morgan fingerprint density at radius 2 is 0.795 bits per heavy atom. The molecule has 0 unspecified atom stereocenters. The molecule has 0 heterocycles. The van der Waals surface area contributed by atoms with E-state index in [1.54, 1.807) is 0 Å². The molecule has 0 amide bonds. The number of anilines is 6. The summed E-state index contributed by atoms with van der Waals surface area (Å²) in [6, 6.07) is 62.2. The van der Waals surface area contributed by atoms with Gasteiger partial charge < -0.3 is 9.80 Å². The predicted octanol–water partition coefficient (Wildman–Crippen LogP) is 12.1. The van der Waals surface area contributed by atoms with Crippen molar-refractivity contribution in [2.75, 3.05) is 9.80 Å². The van der Waals surface area contributed by atoms with E-state index in [-0.39, 0.29) is 0 Å². The molecule has 0 N–H and O–H groups in total. The highest BCUT2D eigenvalue weighted by Crippen LogP contribution is 2.40. The summed E-state index contributed by atoms with van der Waals surface area (Å²) in [6.45, 7) is 4.06. The van der Waals surface area contributed by atoms with E-state index in [1.807, 2.05) is 12.1 Å². The summed E-state index contributed by atoms with van der Waals surface area (Å²) in [7, 11) is 0. The molecule has 0 spiro atoms. The van der Waals surface area contributed by atoms with Crippen LogP contribution in [0.25, 0.3) is 28.0 Å². The average Bonchev–Trinajstić information content (AvgIpc) is 3.10. The molecule has 0 radical (unpaired) electrons. The van der Waals surface area contributed by atoms with E-state index in [9.17, 15) is 0 Å². The fourth-order valence-corrected chi connectivity index (χ4v) is 5.88. The Labute approximate surface area is 259 Å². The van der Waals surface area contributed by atoms with Crippen molar-refractivity contribution >= 4 is 51.0 Å². The third-order valence-corrected chi connectivity index (χ3v) is 8.02. The second-order valence-corrected chi connectivity index (χ2v) is 10.7. The highest BCUT2D eigenvalue weighted by Gasteiger charge is 2.17. The van der Waals surface area contributed by atoms with Gasteiger partial charge in [-0.25, -0.2) is 0 Å². The van der Waals surface area contributed by atoms with Gasteiger partial charge in [-0.15, -0.1) is 0 Å². The smallest absolute Gasteiger partial charge is 0.0540 e. The highest BCUT2D eigenvalue weighted by atomic mass is 15.1. The highest BCUT2D eigenvalue weighted by molar-refractivity contribution is 5.99. The van der Waals surface area contributed by atoms with Crippen LogP contribution in [0.5, 0.6) is 0 Å². The molecule has 2 nitrogen and oxygen atoms in total. The summed E-state index contributed by atoms with van der Waals surface area (Å²) in [6.07, 6.45) is 1.91. The summed E-state index contributed by atoms with van der Waals surface area (Å²) in [5.41, 5.74) is 10.1. The van der Waals surface area contributed by atoms with Crippen LogP contribution in [-0.2, 0) is 0 Å². The van der Waals surface area contributed by atoms with Gasteiger partial charge in [-0.3, -0.25) is 0 Å². The van der Waals surface area contributed by atoms with Crippen molar-refractivity contribution in [1.29, 1.82) is 0 Å². The van der Waals surface area contributed by atoms with Crippen LogP contribution < -0.4 is 9.80 Å². The summed E-state index contributed by atoms with van der Waals surface area (Å²) in [5, 5.41) is 2.45. The van der Waals surface area contributed by atoms with Crippen LogP contribution >= 0.6 is 0 Å². The van der Waals surface area contributed by atoms with Crippen LogP contribution in [0.3, 0.4) is 0 Å². The molecular weight excluding hydrogens is 532 g/mol. The SMILES string of the molecule is C=Cc1ccccc1N(c1ccccc1)c1ccc(-c2ccc(N(c3ccccc3)c3cccc4ccccc34)cc2)cc1. The third kappa shape index (κ3) is 5.26. The molecule has 44 heavy (non-hydrogen) atoms. The third-order valence-electron chi connectivity index (χ3n) is 8.02. The maximum atomic E-state index is 4.06. The molecular formula is C42H32N2. The molecule has 7 rings (SSSR count). The minimum absolute atomic E-state index is 1.09. The predicted molar refractivity (Wildman–Crippen MR) is 189 cm³/mol. The molecule has 0 aliphatic rings. The fourth-order valence-electron chi connectivity index (χ4n) is 5.88. The van der Waals surface area contributed by atoms with Crippen LogP contribution in [0.2, 0.25) is 0 Å². The zero-order valence-corrected chi connectivity index (χ0v) is 24.4.